The van der Waals surface area contributed by atoms with Crippen LogP contribution in [0, 0.1) is 6.92 Å². The first-order valence-electron chi connectivity index (χ1n) is 9.41. The van der Waals surface area contributed by atoms with Crippen LogP contribution < -0.4 is 9.47 Å². The molecule has 29 heavy (non-hydrogen) atoms. The number of nitrogens with zero attached hydrogens (tertiary/aromatic N) is 2. The van der Waals surface area contributed by atoms with Crippen LogP contribution in [0.25, 0.3) is 33.8 Å². The molecule has 0 saturated carbocycles. The molecule has 0 N–H and O–H groups in total. The van der Waals surface area contributed by atoms with Gasteiger partial charge in [0.25, 0.3) is 0 Å². The van der Waals surface area contributed by atoms with Crippen molar-refractivity contribution in [2.45, 2.75) is 6.92 Å². The fourth-order valence-electron chi connectivity index (χ4n) is 3.31. The van der Waals surface area contributed by atoms with Crippen LogP contribution in [0.4, 0.5) is 0 Å². The largest absolute Gasteiger partial charge is 0.497 e. The summed E-state index contributed by atoms with van der Waals surface area (Å²) in [6.07, 6.45) is 1.83. The van der Waals surface area contributed by atoms with E-state index in [-0.39, 0.29) is 0 Å². The van der Waals surface area contributed by atoms with Gasteiger partial charge in [0.05, 0.1) is 37.5 Å². The molecule has 0 atom stereocenters. The molecule has 0 saturated heterocycles. The minimum absolute atomic E-state index is 0.808. The lowest BCUT2D eigenvalue weighted by Crippen LogP contribution is -1.98. The van der Waals surface area contributed by atoms with Gasteiger partial charge in [0.2, 0.25) is 0 Å². The number of ether oxygens (including phenoxy) is 2. The number of methoxy groups -OCH3 is 2. The monoisotopic (exact) mass is 382 g/mol. The average Bonchev–Trinajstić information content (AvgIpc) is 2.79. The molecular formula is C25H22N2O2. The topological polar surface area (TPSA) is 44.2 Å². The highest BCUT2D eigenvalue weighted by Gasteiger charge is 2.15. The lowest BCUT2D eigenvalue weighted by Gasteiger charge is -2.14. The van der Waals surface area contributed by atoms with Gasteiger partial charge in [-0.3, -0.25) is 4.98 Å². The van der Waals surface area contributed by atoms with Crippen molar-refractivity contribution in [1.29, 1.82) is 0 Å². The second-order valence-electron chi connectivity index (χ2n) is 6.73. The zero-order valence-electron chi connectivity index (χ0n) is 16.7. The Morgan fingerprint density at radius 3 is 2.03 bits per heavy atom. The van der Waals surface area contributed by atoms with E-state index in [4.69, 9.17) is 19.4 Å². The number of rotatable bonds is 5. The van der Waals surface area contributed by atoms with E-state index in [1.165, 1.54) is 0 Å². The van der Waals surface area contributed by atoms with Gasteiger partial charge in [0.1, 0.15) is 11.5 Å². The Morgan fingerprint density at radius 1 is 0.690 bits per heavy atom. The van der Waals surface area contributed by atoms with E-state index in [9.17, 15) is 0 Å². The van der Waals surface area contributed by atoms with Crippen LogP contribution in [-0.2, 0) is 0 Å². The Bertz CT molecular complexity index is 1120. The summed E-state index contributed by atoms with van der Waals surface area (Å²) in [5, 5.41) is 0. The molecule has 4 heteroatoms. The Balaban J connectivity index is 1.90. The molecule has 0 aliphatic rings. The van der Waals surface area contributed by atoms with Crippen LogP contribution in [-0.4, -0.2) is 24.2 Å². The molecule has 0 unspecified atom stereocenters. The Hall–Kier alpha value is -3.66. The zero-order valence-corrected chi connectivity index (χ0v) is 16.7. The Morgan fingerprint density at radius 2 is 1.38 bits per heavy atom. The predicted octanol–water partition coefficient (Wildman–Crippen LogP) is 5.80. The second-order valence-corrected chi connectivity index (χ2v) is 6.73. The van der Waals surface area contributed by atoms with E-state index in [2.05, 4.69) is 6.92 Å². The summed E-state index contributed by atoms with van der Waals surface area (Å²) in [5.41, 5.74) is 6.65. The van der Waals surface area contributed by atoms with E-state index in [1.807, 2.05) is 79.0 Å². The van der Waals surface area contributed by atoms with Crippen molar-refractivity contribution < 1.29 is 9.47 Å². The number of aryl methyl sites for hydroxylation is 1. The highest BCUT2D eigenvalue weighted by atomic mass is 16.5. The highest BCUT2D eigenvalue weighted by molar-refractivity contribution is 5.81. The molecule has 0 bridgehead atoms. The molecule has 3 aromatic carbocycles. The molecular weight excluding hydrogens is 360 g/mol. The molecule has 0 fully saturated rings. The third-order valence-electron chi connectivity index (χ3n) is 4.89. The van der Waals surface area contributed by atoms with Gasteiger partial charge in [-0.1, -0.05) is 30.3 Å². The molecule has 1 heterocycles. The minimum Gasteiger partial charge on any atom is -0.497 e. The van der Waals surface area contributed by atoms with Crippen molar-refractivity contribution in [1.82, 2.24) is 9.97 Å². The van der Waals surface area contributed by atoms with Crippen molar-refractivity contribution in [2.24, 2.45) is 0 Å². The summed E-state index contributed by atoms with van der Waals surface area (Å²) in [7, 11) is 3.34. The third kappa shape index (κ3) is 3.83. The lowest BCUT2D eigenvalue weighted by molar-refractivity contribution is 0.414. The quantitative estimate of drug-likeness (QED) is 0.437. The van der Waals surface area contributed by atoms with Crippen molar-refractivity contribution in [3.05, 3.63) is 84.6 Å². The van der Waals surface area contributed by atoms with Crippen molar-refractivity contribution in [2.75, 3.05) is 14.2 Å². The van der Waals surface area contributed by atoms with Gasteiger partial charge >= 0.3 is 0 Å². The molecule has 0 aliphatic heterocycles. The Kier molecular flexibility index (Phi) is 5.25. The lowest BCUT2D eigenvalue weighted by atomic mass is 9.99. The van der Waals surface area contributed by atoms with E-state index >= 15 is 0 Å². The van der Waals surface area contributed by atoms with E-state index in [0.717, 1.165) is 50.8 Å². The van der Waals surface area contributed by atoms with Crippen molar-refractivity contribution >= 4 is 0 Å². The van der Waals surface area contributed by atoms with Crippen LogP contribution >= 0.6 is 0 Å². The molecule has 4 rings (SSSR count). The maximum Gasteiger partial charge on any atom is 0.119 e. The number of hydrogen-bond acceptors (Lipinski definition) is 4. The van der Waals surface area contributed by atoms with Crippen LogP contribution in [0.15, 0.2) is 79.0 Å². The normalized spacial score (nSPS) is 10.6. The summed E-state index contributed by atoms with van der Waals surface area (Å²) in [6, 6.07) is 24.0. The first kappa shape index (κ1) is 18.7. The van der Waals surface area contributed by atoms with Crippen LogP contribution in [0.2, 0.25) is 0 Å². The standard InChI is InChI=1S/C25H22N2O2/c1-17-15-21(29-3)13-14-22(17)25-24(19-9-11-20(28-2)12-10-19)27-23(16-26-25)18-7-5-4-6-8-18/h4-16H,1-3H3. The SMILES string of the molecule is COc1ccc(-c2nc(-c3ccccc3)cnc2-c2ccc(OC)cc2C)cc1. The fourth-order valence-corrected chi connectivity index (χ4v) is 3.31. The van der Waals surface area contributed by atoms with Crippen molar-refractivity contribution in [3.8, 4) is 45.3 Å². The molecule has 0 aliphatic carbocycles. The molecule has 144 valence electrons. The molecule has 0 spiro atoms. The zero-order chi connectivity index (χ0) is 20.2. The molecule has 4 nitrogen and oxygen atoms in total. The highest BCUT2D eigenvalue weighted by Crippen LogP contribution is 2.34. The van der Waals surface area contributed by atoms with E-state index in [1.54, 1.807) is 14.2 Å². The summed E-state index contributed by atoms with van der Waals surface area (Å²) in [6.45, 7) is 2.06. The minimum atomic E-state index is 0.808. The summed E-state index contributed by atoms with van der Waals surface area (Å²) in [4.78, 5) is 9.82. The first-order chi connectivity index (χ1) is 14.2. The fraction of sp³-hybridized carbons (Fsp3) is 0.120. The molecule has 4 aromatic rings. The van der Waals surface area contributed by atoms with Crippen molar-refractivity contribution in [3.63, 3.8) is 0 Å². The van der Waals surface area contributed by atoms with Gasteiger partial charge < -0.3 is 9.47 Å². The smallest absolute Gasteiger partial charge is 0.119 e. The van der Waals surface area contributed by atoms with Crippen LogP contribution in [0.3, 0.4) is 0 Å². The van der Waals surface area contributed by atoms with Gasteiger partial charge in [-0.2, -0.15) is 0 Å². The first-order valence-corrected chi connectivity index (χ1v) is 9.41. The number of benzene rings is 3. The maximum absolute atomic E-state index is 5.35. The van der Waals surface area contributed by atoms with Gasteiger partial charge in [-0.25, -0.2) is 4.98 Å². The second kappa shape index (κ2) is 8.15. The molecule has 0 amide bonds. The average molecular weight is 382 g/mol. The molecule has 1 aromatic heterocycles. The van der Waals surface area contributed by atoms with Crippen LogP contribution in [0.1, 0.15) is 5.56 Å². The summed E-state index contributed by atoms with van der Waals surface area (Å²) < 4.78 is 10.7. The van der Waals surface area contributed by atoms with Gasteiger partial charge in [-0.15, -0.1) is 0 Å². The Labute approximate surface area is 170 Å². The molecule has 0 radical (unpaired) electrons. The van der Waals surface area contributed by atoms with E-state index in [0.29, 0.717) is 0 Å². The van der Waals surface area contributed by atoms with E-state index < -0.39 is 0 Å². The van der Waals surface area contributed by atoms with Gasteiger partial charge in [-0.05, 0) is 55.0 Å². The van der Waals surface area contributed by atoms with Gasteiger partial charge in [0.15, 0.2) is 0 Å². The number of aromatic nitrogens is 2. The van der Waals surface area contributed by atoms with Gasteiger partial charge in [0, 0.05) is 16.7 Å². The van der Waals surface area contributed by atoms with Crippen LogP contribution in [0.5, 0.6) is 11.5 Å². The third-order valence-corrected chi connectivity index (χ3v) is 4.89. The maximum atomic E-state index is 5.35. The number of hydrogen-bond donors (Lipinski definition) is 0. The summed E-state index contributed by atoms with van der Waals surface area (Å²) >= 11 is 0. The summed E-state index contributed by atoms with van der Waals surface area (Å²) in [5.74, 6) is 1.63. The predicted molar refractivity (Wildman–Crippen MR) is 116 cm³/mol.